The highest BCUT2D eigenvalue weighted by molar-refractivity contribution is 5.68. The SMILES string of the molecule is COC(CCCCN1CCN(C(=O)OC(C)(C)C)CC1)OC. The van der Waals surface area contributed by atoms with Crippen molar-refractivity contribution < 1.29 is 19.0 Å². The lowest BCUT2D eigenvalue weighted by Crippen LogP contribution is -2.50. The second-order valence-electron chi connectivity index (χ2n) is 6.71. The Bertz CT molecular complexity index is 319. The first kappa shape index (κ1) is 19.2. The zero-order chi connectivity index (χ0) is 16.6. The molecule has 0 atom stereocenters. The van der Waals surface area contributed by atoms with Crippen LogP contribution >= 0.6 is 0 Å². The number of nitrogens with zero attached hydrogens (tertiary/aromatic N) is 2. The molecule has 6 heteroatoms. The van der Waals surface area contributed by atoms with Gasteiger partial charge in [-0.3, -0.25) is 4.90 Å². The summed E-state index contributed by atoms with van der Waals surface area (Å²) in [5, 5.41) is 0. The molecular weight excluding hydrogens is 284 g/mol. The largest absolute Gasteiger partial charge is 0.444 e. The highest BCUT2D eigenvalue weighted by atomic mass is 16.7. The molecule has 0 aromatic heterocycles. The van der Waals surface area contributed by atoms with Crippen LogP contribution in [-0.4, -0.2) is 74.7 Å². The lowest BCUT2D eigenvalue weighted by molar-refractivity contribution is -0.107. The molecule has 1 aliphatic rings. The number of methoxy groups -OCH3 is 2. The van der Waals surface area contributed by atoms with Crippen molar-refractivity contribution in [1.29, 1.82) is 0 Å². The van der Waals surface area contributed by atoms with Gasteiger partial charge in [0.25, 0.3) is 0 Å². The third-order valence-electron chi connectivity index (χ3n) is 3.71. The van der Waals surface area contributed by atoms with Crippen LogP contribution in [0.2, 0.25) is 0 Å². The number of carbonyl (C=O) groups is 1. The summed E-state index contributed by atoms with van der Waals surface area (Å²) in [4.78, 5) is 16.2. The number of piperazine rings is 1. The predicted molar refractivity (Wildman–Crippen MR) is 85.9 cm³/mol. The smallest absolute Gasteiger partial charge is 0.410 e. The maximum Gasteiger partial charge on any atom is 0.410 e. The van der Waals surface area contributed by atoms with Crippen LogP contribution in [0.4, 0.5) is 4.79 Å². The number of carbonyl (C=O) groups excluding carboxylic acids is 1. The van der Waals surface area contributed by atoms with Gasteiger partial charge in [0.1, 0.15) is 5.60 Å². The molecule has 1 fully saturated rings. The summed E-state index contributed by atoms with van der Waals surface area (Å²) in [6.45, 7) is 10.1. The fraction of sp³-hybridized carbons (Fsp3) is 0.938. The van der Waals surface area contributed by atoms with Gasteiger partial charge in [-0.1, -0.05) is 0 Å². The normalized spacial score (nSPS) is 17.1. The summed E-state index contributed by atoms with van der Waals surface area (Å²) in [5.41, 5.74) is -0.423. The lowest BCUT2D eigenvalue weighted by atomic mass is 10.2. The first-order valence-corrected chi connectivity index (χ1v) is 8.11. The van der Waals surface area contributed by atoms with Crippen molar-refractivity contribution in [3.05, 3.63) is 0 Å². The van der Waals surface area contributed by atoms with Crippen LogP contribution in [-0.2, 0) is 14.2 Å². The van der Waals surface area contributed by atoms with Crippen LogP contribution < -0.4 is 0 Å². The molecule has 0 aromatic rings. The maximum absolute atomic E-state index is 12.0. The van der Waals surface area contributed by atoms with Crippen molar-refractivity contribution >= 4 is 6.09 Å². The second kappa shape index (κ2) is 9.33. The van der Waals surface area contributed by atoms with Gasteiger partial charge in [0, 0.05) is 40.4 Å². The highest BCUT2D eigenvalue weighted by Gasteiger charge is 2.25. The van der Waals surface area contributed by atoms with Gasteiger partial charge in [0.2, 0.25) is 0 Å². The highest BCUT2D eigenvalue weighted by Crippen LogP contribution is 2.12. The zero-order valence-electron chi connectivity index (χ0n) is 14.8. The average molecular weight is 316 g/mol. The molecule has 0 unspecified atom stereocenters. The molecule has 0 N–H and O–H groups in total. The van der Waals surface area contributed by atoms with E-state index in [2.05, 4.69) is 4.90 Å². The molecule has 6 nitrogen and oxygen atoms in total. The minimum absolute atomic E-state index is 0.0935. The van der Waals surface area contributed by atoms with E-state index in [0.29, 0.717) is 0 Å². The first-order chi connectivity index (χ1) is 10.4. The molecule has 1 saturated heterocycles. The Morgan fingerprint density at radius 3 is 2.14 bits per heavy atom. The molecule has 0 spiro atoms. The molecule has 0 aliphatic carbocycles. The Hall–Kier alpha value is -0.850. The van der Waals surface area contributed by atoms with E-state index in [1.165, 1.54) is 0 Å². The summed E-state index contributed by atoms with van der Waals surface area (Å²) in [6, 6.07) is 0. The average Bonchev–Trinajstić information content (AvgIpc) is 2.46. The summed E-state index contributed by atoms with van der Waals surface area (Å²) in [7, 11) is 3.34. The standard InChI is InChI=1S/C16H32N2O4/c1-16(2,3)22-15(19)18-12-10-17(11-13-18)9-7-6-8-14(20-4)21-5/h14H,6-13H2,1-5H3. The van der Waals surface area contributed by atoms with Gasteiger partial charge in [-0.05, 0) is 46.6 Å². The fourth-order valence-corrected chi connectivity index (χ4v) is 2.46. The van der Waals surface area contributed by atoms with Gasteiger partial charge in [0.15, 0.2) is 6.29 Å². The van der Waals surface area contributed by atoms with E-state index < -0.39 is 5.60 Å². The van der Waals surface area contributed by atoms with Crippen LogP contribution in [0.3, 0.4) is 0 Å². The van der Waals surface area contributed by atoms with Gasteiger partial charge >= 0.3 is 6.09 Å². The van der Waals surface area contributed by atoms with Crippen molar-refractivity contribution in [2.24, 2.45) is 0 Å². The van der Waals surface area contributed by atoms with Gasteiger partial charge in [-0.25, -0.2) is 4.79 Å². The molecule has 0 aromatic carbocycles. The van der Waals surface area contributed by atoms with Crippen molar-refractivity contribution in [3.63, 3.8) is 0 Å². The Kier molecular flexibility index (Phi) is 8.14. The third-order valence-corrected chi connectivity index (χ3v) is 3.71. The van der Waals surface area contributed by atoms with E-state index >= 15 is 0 Å². The molecule has 0 saturated carbocycles. The van der Waals surface area contributed by atoms with Crippen LogP contribution in [0.25, 0.3) is 0 Å². The van der Waals surface area contributed by atoms with Crippen LogP contribution in [0.5, 0.6) is 0 Å². The number of amides is 1. The topological polar surface area (TPSA) is 51.2 Å². The van der Waals surface area contributed by atoms with E-state index in [1.54, 1.807) is 19.1 Å². The third kappa shape index (κ3) is 7.42. The van der Waals surface area contributed by atoms with Crippen LogP contribution in [0, 0.1) is 0 Å². The quantitative estimate of drug-likeness (QED) is 0.533. The van der Waals surface area contributed by atoms with Crippen molar-refractivity contribution in [3.8, 4) is 0 Å². The predicted octanol–water partition coefficient (Wildman–Crippen LogP) is 2.33. The summed E-state index contributed by atoms with van der Waals surface area (Å²) in [6.07, 6.45) is 2.83. The number of rotatable bonds is 7. The van der Waals surface area contributed by atoms with Crippen molar-refractivity contribution in [2.75, 3.05) is 46.9 Å². The van der Waals surface area contributed by atoms with Gasteiger partial charge in [-0.15, -0.1) is 0 Å². The van der Waals surface area contributed by atoms with Crippen LogP contribution in [0.1, 0.15) is 40.0 Å². The molecule has 0 bridgehead atoms. The lowest BCUT2D eigenvalue weighted by Gasteiger charge is -2.35. The molecule has 22 heavy (non-hydrogen) atoms. The van der Waals surface area contributed by atoms with E-state index in [9.17, 15) is 4.79 Å². The number of unbranched alkanes of at least 4 members (excludes halogenated alkanes) is 1. The second-order valence-corrected chi connectivity index (χ2v) is 6.71. The monoisotopic (exact) mass is 316 g/mol. The molecule has 0 radical (unpaired) electrons. The summed E-state index contributed by atoms with van der Waals surface area (Å²) in [5.74, 6) is 0. The van der Waals surface area contributed by atoms with E-state index in [-0.39, 0.29) is 12.4 Å². The number of hydrogen-bond donors (Lipinski definition) is 0. The Morgan fingerprint density at radius 1 is 1.05 bits per heavy atom. The van der Waals surface area contributed by atoms with Gasteiger partial charge < -0.3 is 19.1 Å². The maximum atomic E-state index is 12.0. The summed E-state index contributed by atoms with van der Waals surface area (Å²) >= 11 is 0. The molecule has 1 amide bonds. The van der Waals surface area contributed by atoms with Crippen LogP contribution in [0.15, 0.2) is 0 Å². The van der Waals surface area contributed by atoms with Crippen molar-refractivity contribution in [1.82, 2.24) is 9.80 Å². The molecule has 1 heterocycles. The molecule has 1 rings (SSSR count). The minimum Gasteiger partial charge on any atom is -0.444 e. The molecule has 130 valence electrons. The number of hydrogen-bond acceptors (Lipinski definition) is 5. The zero-order valence-corrected chi connectivity index (χ0v) is 14.8. The fourth-order valence-electron chi connectivity index (χ4n) is 2.46. The Balaban J connectivity index is 2.16. The first-order valence-electron chi connectivity index (χ1n) is 8.11. The molecular formula is C16H32N2O4. The Labute approximate surface area is 134 Å². The Morgan fingerprint density at radius 2 is 1.64 bits per heavy atom. The van der Waals surface area contributed by atoms with Gasteiger partial charge in [-0.2, -0.15) is 0 Å². The van der Waals surface area contributed by atoms with Gasteiger partial charge in [0.05, 0.1) is 0 Å². The van der Waals surface area contributed by atoms with E-state index in [0.717, 1.165) is 52.0 Å². The van der Waals surface area contributed by atoms with Crippen molar-refractivity contribution in [2.45, 2.75) is 51.9 Å². The molecule has 1 aliphatic heterocycles. The van der Waals surface area contributed by atoms with E-state index in [4.69, 9.17) is 14.2 Å². The van der Waals surface area contributed by atoms with E-state index in [1.807, 2.05) is 20.8 Å². The number of ether oxygens (including phenoxy) is 3. The minimum atomic E-state index is -0.423. The summed E-state index contributed by atoms with van der Waals surface area (Å²) < 4.78 is 15.8.